The quantitative estimate of drug-likeness (QED) is 0.367. The van der Waals surface area contributed by atoms with Crippen molar-refractivity contribution in [3.05, 3.63) is 93.0 Å². The van der Waals surface area contributed by atoms with Gasteiger partial charge >= 0.3 is 0 Å². The predicted molar refractivity (Wildman–Crippen MR) is 213 cm³/mol. The Bertz CT molecular complexity index is 2260. The minimum atomic E-state index is -1.03. The number of hydrogen-bond donors (Lipinski definition) is 1. The van der Waals surface area contributed by atoms with E-state index in [1.165, 1.54) is 0 Å². The molecule has 4 fully saturated rings. The van der Waals surface area contributed by atoms with Gasteiger partial charge in [0, 0.05) is 88.8 Å². The second-order valence-corrected chi connectivity index (χ2v) is 16.8. The van der Waals surface area contributed by atoms with Crippen LogP contribution in [0.15, 0.2) is 54.6 Å². The normalized spacial score (nSPS) is 21.7. The van der Waals surface area contributed by atoms with Gasteiger partial charge in [-0.2, -0.15) is 5.26 Å². The van der Waals surface area contributed by atoms with Gasteiger partial charge in [0.2, 0.25) is 17.7 Å². The second kappa shape index (κ2) is 14.9. The monoisotopic (exact) mass is 802 g/mol. The molecule has 0 saturated carbocycles. The third-order valence-electron chi connectivity index (χ3n) is 13.0. The molecule has 6 heterocycles. The number of piperidine rings is 2. The van der Waals surface area contributed by atoms with E-state index in [4.69, 9.17) is 11.6 Å². The van der Waals surface area contributed by atoms with Crippen LogP contribution in [0.4, 0.5) is 11.4 Å². The Morgan fingerprint density at radius 3 is 2.09 bits per heavy atom. The molecule has 0 aliphatic carbocycles. The zero-order valence-corrected chi connectivity index (χ0v) is 32.8. The van der Waals surface area contributed by atoms with Crippen molar-refractivity contribution in [3.63, 3.8) is 0 Å². The van der Waals surface area contributed by atoms with Gasteiger partial charge < -0.3 is 19.6 Å². The standard InChI is InChI=1S/C43H43ClN8O6/c44-35-21-32(5-4-28(35)22-45)48-11-8-43(9-12-48)10-13-50(26-43)31-3-1-2-27(18-31)40(56)49-16-14-47(15-17-49)25-38(54)51-23-29-19-33-34(20-30(29)24-51)42(58)52(41(33)57)36-6-7-37(53)46-39(36)55/h1-5,18-21,36H,6-17,23-26H2,(H,46,53,55). The molecule has 1 unspecified atom stereocenters. The maximum Gasteiger partial charge on any atom is 0.262 e. The molecule has 0 aromatic heterocycles. The summed E-state index contributed by atoms with van der Waals surface area (Å²) in [5.41, 5.74) is 5.48. The number of carbonyl (C=O) groups excluding carboxylic acids is 6. The van der Waals surface area contributed by atoms with Crippen LogP contribution in [0.3, 0.4) is 0 Å². The molecule has 3 aromatic carbocycles. The lowest BCUT2D eigenvalue weighted by atomic mass is 9.77. The number of nitrogens with zero attached hydrogens (tertiary/aromatic N) is 7. The van der Waals surface area contributed by atoms with Crippen molar-refractivity contribution in [1.29, 1.82) is 5.26 Å². The molecule has 15 heteroatoms. The Kier molecular flexibility index (Phi) is 9.68. The van der Waals surface area contributed by atoms with Crippen LogP contribution >= 0.6 is 11.6 Å². The summed E-state index contributed by atoms with van der Waals surface area (Å²) in [7, 11) is 0. The number of rotatable bonds is 6. The summed E-state index contributed by atoms with van der Waals surface area (Å²) in [6.45, 7) is 6.69. The minimum absolute atomic E-state index is 0.0144. The molecule has 1 atom stereocenters. The van der Waals surface area contributed by atoms with E-state index in [1.807, 2.05) is 35.2 Å². The fourth-order valence-corrected chi connectivity index (χ4v) is 9.77. The van der Waals surface area contributed by atoms with Crippen LogP contribution in [0.5, 0.6) is 0 Å². The van der Waals surface area contributed by atoms with Crippen molar-refractivity contribution in [2.75, 3.05) is 68.7 Å². The van der Waals surface area contributed by atoms with Crippen molar-refractivity contribution in [3.8, 4) is 6.07 Å². The summed E-state index contributed by atoms with van der Waals surface area (Å²) in [6, 6.07) is 18.0. The van der Waals surface area contributed by atoms with Crippen molar-refractivity contribution < 1.29 is 28.8 Å². The minimum Gasteiger partial charge on any atom is -0.371 e. The number of nitrogens with one attached hydrogen (secondary N) is 1. The van der Waals surface area contributed by atoms with Gasteiger partial charge in [-0.1, -0.05) is 17.7 Å². The summed E-state index contributed by atoms with van der Waals surface area (Å²) >= 11 is 6.32. The van der Waals surface area contributed by atoms with Gasteiger partial charge in [-0.05, 0) is 90.8 Å². The van der Waals surface area contributed by atoms with E-state index in [-0.39, 0.29) is 47.7 Å². The molecule has 6 amide bonds. The largest absolute Gasteiger partial charge is 0.371 e. The SMILES string of the molecule is N#Cc1ccc(N2CCC3(CC2)CCN(c2cccc(C(=O)N4CCN(CC(=O)N5Cc6cc7c(cc6C5)C(=O)N(C5CCC(=O)NC5=O)C7=O)CC4)c2)C3)cc1Cl. The van der Waals surface area contributed by atoms with Crippen LogP contribution < -0.4 is 15.1 Å². The first-order valence-corrected chi connectivity index (χ1v) is 20.3. The molecular formula is C43H43ClN8O6. The number of imide groups is 2. The van der Waals surface area contributed by atoms with Gasteiger partial charge in [0.15, 0.2) is 0 Å². The number of benzene rings is 3. The molecule has 0 bridgehead atoms. The molecular weight excluding hydrogens is 760 g/mol. The first-order chi connectivity index (χ1) is 28.0. The molecule has 4 saturated heterocycles. The lowest BCUT2D eigenvalue weighted by molar-refractivity contribution is -0.136. The highest BCUT2D eigenvalue weighted by atomic mass is 35.5. The Balaban J connectivity index is 0.755. The van der Waals surface area contributed by atoms with Gasteiger partial charge in [-0.25, -0.2) is 0 Å². The number of carbonyl (C=O) groups is 6. The van der Waals surface area contributed by atoms with Crippen LogP contribution in [0.1, 0.15) is 79.9 Å². The van der Waals surface area contributed by atoms with Crippen LogP contribution in [0.25, 0.3) is 0 Å². The Morgan fingerprint density at radius 2 is 1.45 bits per heavy atom. The number of anilines is 2. The van der Waals surface area contributed by atoms with E-state index in [2.05, 4.69) is 32.2 Å². The summed E-state index contributed by atoms with van der Waals surface area (Å²) < 4.78 is 0. The van der Waals surface area contributed by atoms with Gasteiger partial charge in [0.1, 0.15) is 12.1 Å². The van der Waals surface area contributed by atoms with Crippen molar-refractivity contribution >= 4 is 58.4 Å². The Morgan fingerprint density at radius 1 is 0.793 bits per heavy atom. The average Bonchev–Trinajstić information content (AvgIpc) is 3.91. The summed E-state index contributed by atoms with van der Waals surface area (Å²) in [5.74, 6) is -2.29. The Hall–Kier alpha value is -5.78. The van der Waals surface area contributed by atoms with E-state index < -0.39 is 29.7 Å². The Labute approximate surface area is 340 Å². The molecule has 0 radical (unpaired) electrons. The van der Waals surface area contributed by atoms with Gasteiger partial charge in [-0.15, -0.1) is 0 Å². The van der Waals surface area contributed by atoms with E-state index in [1.54, 1.807) is 23.1 Å². The molecule has 6 aliphatic rings. The van der Waals surface area contributed by atoms with Crippen molar-refractivity contribution in [2.24, 2.45) is 5.41 Å². The fraction of sp³-hybridized carbons (Fsp3) is 0.419. The molecule has 58 heavy (non-hydrogen) atoms. The highest BCUT2D eigenvalue weighted by Crippen LogP contribution is 2.43. The maximum absolute atomic E-state index is 13.7. The topological polar surface area (TPSA) is 158 Å². The first kappa shape index (κ1) is 37.8. The lowest BCUT2D eigenvalue weighted by Crippen LogP contribution is -2.54. The zero-order chi connectivity index (χ0) is 40.3. The molecule has 9 rings (SSSR count). The molecule has 298 valence electrons. The average molecular weight is 803 g/mol. The van der Waals surface area contributed by atoms with Crippen LogP contribution in [-0.2, 0) is 27.5 Å². The summed E-state index contributed by atoms with van der Waals surface area (Å²) in [6.07, 6.45) is 3.37. The van der Waals surface area contributed by atoms with Gasteiger partial charge in [-0.3, -0.25) is 43.9 Å². The van der Waals surface area contributed by atoms with Crippen LogP contribution in [0, 0.1) is 16.7 Å². The third kappa shape index (κ3) is 6.86. The van der Waals surface area contributed by atoms with E-state index >= 15 is 0 Å². The number of hydrogen-bond acceptors (Lipinski definition) is 10. The molecule has 6 aliphatic heterocycles. The number of nitriles is 1. The molecule has 3 aromatic rings. The number of halogens is 1. The highest BCUT2D eigenvalue weighted by Gasteiger charge is 2.46. The van der Waals surface area contributed by atoms with Crippen molar-refractivity contribution in [1.82, 2.24) is 24.9 Å². The summed E-state index contributed by atoms with van der Waals surface area (Å²) in [5, 5.41) is 11.9. The number of piperazine rings is 1. The van der Waals surface area contributed by atoms with E-state index in [0.717, 1.165) is 72.8 Å². The number of fused-ring (bicyclic) bond motifs is 2. The van der Waals surface area contributed by atoms with Crippen LogP contribution in [-0.4, -0.2) is 120 Å². The van der Waals surface area contributed by atoms with Crippen LogP contribution in [0.2, 0.25) is 5.02 Å². The van der Waals surface area contributed by atoms with E-state index in [0.29, 0.717) is 55.4 Å². The lowest BCUT2D eigenvalue weighted by Gasteiger charge is -2.40. The van der Waals surface area contributed by atoms with Gasteiger partial charge in [0.05, 0.1) is 28.3 Å². The van der Waals surface area contributed by atoms with E-state index in [9.17, 15) is 34.0 Å². The maximum atomic E-state index is 13.7. The predicted octanol–water partition coefficient (Wildman–Crippen LogP) is 3.41. The third-order valence-corrected chi connectivity index (χ3v) is 13.3. The molecule has 1 spiro atoms. The molecule has 14 nitrogen and oxygen atoms in total. The van der Waals surface area contributed by atoms with Gasteiger partial charge in [0.25, 0.3) is 17.7 Å². The zero-order valence-electron chi connectivity index (χ0n) is 32.0. The second-order valence-electron chi connectivity index (χ2n) is 16.4. The number of amides is 6. The fourth-order valence-electron chi connectivity index (χ4n) is 9.56. The smallest absolute Gasteiger partial charge is 0.262 e. The van der Waals surface area contributed by atoms with Crippen molar-refractivity contribution in [2.45, 2.75) is 51.2 Å². The molecule has 1 N–H and O–H groups in total. The summed E-state index contributed by atoms with van der Waals surface area (Å²) in [4.78, 5) is 89.2. The highest BCUT2D eigenvalue weighted by molar-refractivity contribution is 6.32. The first-order valence-electron chi connectivity index (χ1n) is 20.0.